The molecule has 0 spiro atoms. The third-order valence-electron chi connectivity index (χ3n) is 5.28. The Morgan fingerprint density at radius 1 is 1.14 bits per heavy atom. The number of hydrogen-bond donors (Lipinski definition) is 2. The Morgan fingerprint density at radius 3 is 2.50 bits per heavy atom. The second kappa shape index (κ2) is 9.71. The molecule has 2 N–H and O–H groups in total. The number of benzene rings is 1. The zero-order valence-electron chi connectivity index (χ0n) is 16.4. The summed E-state index contributed by atoms with van der Waals surface area (Å²) in [5, 5.41) is 2.63. The van der Waals surface area contributed by atoms with Crippen molar-refractivity contribution in [2.24, 2.45) is 5.92 Å². The molecule has 2 fully saturated rings. The summed E-state index contributed by atoms with van der Waals surface area (Å²) >= 11 is 0. The topological polar surface area (TPSA) is 93.7 Å². The first-order chi connectivity index (χ1) is 13.4. The molecule has 0 bridgehead atoms. The maximum atomic E-state index is 12.2. The molecule has 1 aromatic rings. The van der Waals surface area contributed by atoms with Crippen LogP contribution in [-0.4, -0.2) is 45.4 Å². The lowest BCUT2D eigenvalue weighted by Crippen LogP contribution is -2.41. The smallest absolute Gasteiger partial charge is 0.240 e. The first-order valence-electron chi connectivity index (χ1n) is 10.0. The van der Waals surface area contributed by atoms with Crippen molar-refractivity contribution >= 4 is 21.6 Å². The molecular weight excluding hydrogens is 380 g/mol. The van der Waals surface area contributed by atoms with E-state index in [0.29, 0.717) is 24.0 Å². The summed E-state index contributed by atoms with van der Waals surface area (Å²) in [7, 11) is -3.64. The van der Waals surface area contributed by atoms with E-state index in [2.05, 4.69) is 17.0 Å². The van der Waals surface area contributed by atoms with Gasteiger partial charge in [-0.05, 0) is 68.7 Å². The quantitative estimate of drug-likeness (QED) is 0.687. The first-order valence-corrected chi connectivity index (χ1v) is 11.7. The molecule has 1 saturated heterocycles. The number of carbonyl (C=O) groups excluding carboxylic acids is 1. The van der Waals surface area contributed by atoms with Crippen molar-refractivity contribution in [3.63, 3.8) is 0 Å². The van der Waals surface area contributed by atoms with E-state index in [0.717, 1.165) is 45.1 Å². The molecule has 1 atom stereocenters. The third kappa shape index (κ3) is 6.76. The number of nitrogens with one attached hydrogen (secondary N) is 2. The van der Waals surface area contributed by atoms with Gasteiger partial charge in [0, 0.05) is 18.3 Å². The zero-order valence-corrected chi connectivity index (χ0v) is 17.2. The summed E-state index contributed by atoms with van der Waals surface area (Å²) in [6.07, 6.45) is 5.91. The van der Waals surface area contributed by atoms with Crippen molar-refractivity contribution < 1.29 is 22.7 Å². The van der Waals surface area contributed by atoms with Crippen molar-refractivity contribution in [2.75, 3.05) is 24.3 Å². The number of hydrogen-bond acceptors (Lipinski definition) is 5. The molecule has 1 saturated carbocycles. The highest BCUT2D eigenvalue weighted by Crippen LogP contribution is 2.24. The fourth-order valence-corrected chi connectivity index (χ4v) is 4.89. The Kier molecular flexibility index (Phi) is 7.31. The van der Waals surface area contributed by atoms with Gasteiger partial charge >= 0.3 is 0 Å². The fraction of sp³-hybridized carbons (Fsp3) is 0.650. The SMILES string of the molecule is CC1CCC(NS(=O)(=O)CC(=O)Nc2ccc(OCC3CCCO3)cc2)CC1. The number of sulfonamides is 1. The second-order valence-corrected chi connectivity index (χ2v) is 9.61. The number of carbonyl (C=O) groups is 1. The fourth-order valence-electron chi connectivity index (χ4n) is 3.64. The van der Waals surface area contributed by atoms with E-state index in [1.165, 1.54) is 0 Å². The molecule has 7 nitrogen and oxygen atoms in total. The molecule has 0 aromatic heterocycles. The van der Waals surface area contributed by atoms with Crippen LogP contribution in [0, 0.1) is 5.92 Å². The summed E-state index contributed by atoms with van der Waals surface area (Å²) in [5.74, 6) is 0.205. The molecule has 1 amide bonds. The van der Waals surface area contributed by atoms with Gasteiger partial charge in [-0.25, -0.2) is 13.1 Å². The summed E-state index contributed by atoms with van der Waals surface area (Å²) < 4.78 is 38.3. The van der Waals surface area contributed by atoms with E-state index in [9.17, 15) is 13.2 Å². The molecule has 0 radical (unpaired) electrons. The van der Waals surface area contributed by atoms with Crippen LogP contribution < -0.4 is 14.8 Å². The molecule has 1 aliphatic carbocycles. The lowest BCUT2D eigenvalue weighted by Gasteiger charge is -2.26. The summed E-state index contributed by atoms with van der Waals surface area (Å²) in [5.41, 5.74) is 0.538. The van der Waals surface area contributed by atoms with Gasteiger partial charge < -0.3 is 14.8 Å². The van der Waals surface area contributed by atoms with Crippen molar-refractivity contribution in [3.8, 4) is 5.75 Å². The van der Waals surface area contributed by atoms with Crippen LogP contribution in [0.3, 0.4) is 0 Å². The highest BCUT2D eigenvalue weighted by Gasteiger charge is 2.24. The molecule has 156 valence electrons. The van der Waals surface area contributed by atoms with Crippen molar-refractivity contribution in [1.29, 1.82) is 0 Å². The van der Waals surface area contributed by atoms with Crippen LogP contribution in [0.15, 0.2) is 24.3 Å². The molecule has 3 rings (SSSR count). The van der Waals surface area contributed by atoms with Crippen LogP contribution in [0.2, 0.25) is 0 Å². The maximum absolute atomic E-state index is 12.2. The molecule has 28 heavy (non-hydrogen) atoms. The van der Waals surface area contributed by atoms with E-state index in [4.69, 9.17) is 9.47 Å². The van der Waals surface area contributed by atoms with Gasteiger partial charge in [0.2, 0.25) is 15.9 Å². The zero-order chi connectivity index (χ0) is 20.0. The Morgan fingerprint density at radius 2 is 1.86 bits per heavy atom. The Bertz CT molecular complexity index is 736. The molecule has 1 heterocycles. The van der Waals surface area contributed by atoms with Crippen LogP contribution in [0.4, 0.5) is 5.69 Å². The molecule has 8 heteroatoms. The normalized spacial score (nSPS) is 25.4. The van der Waals surface area contributed by atoms with E-state index in [-0.39, 0.29) is 12.1 Å². The number of anilines is 1. The minimum Gasteiger partial charge on any atom is -0.491 e. The second-order valence-electron chi connectivity index (χ2n) is 7.85. The van der Waals surface area contributed by atoms with Gasteiger partial charge in [0.1, 0.15) is 18.1 Å². The van der Waals surface area contributed by atoms with Gasteiger partial charge in [0.05, 0.1) is 6.10 Å². The van der Waals surface area contributed by atoms with Gasteiger partial charge in [0.15, 0.2) is 0 Å². The lowest BCUT2D eigenvalue weighted by atomic mass is 9.88. The van der Waals surface area contributed by atoms with E-state index in [1.807, 2.05) is 0 Å². The molecule has 1 aromatic carbocycles. The van der Waals surface area contributed by atoms with Gasteiger partial charge in [-0.15, -0.1) is 0 Å². The van der Waals surface area contributed by atoms with Crippen LogP contribution in [0.5, 0.6) is 5.75 Å². The minimum atomic E-state index is -3.64. The number of ether oxygens (including phenoxy) is 2. The van der Waals surface area contributed by atoms with Gasteiger partial charge in [-0.3, -0.25) is 4.79 Å². The highest BCUT2D eigenvalue weighted by molar-refractivity contribution is 7.90. The predicted octanol–water partition coefficient (Wildman–Crippen LogP) is 2.68. The lowest BCUT2D eigenvalue weighted by molar-refractivity contribution is -0.113. The number of rotatable bonds is 8. The average Bonchev–Trinajstić information content (AvgIpc) is 3.16. The van der Waals surface area contributed by atoms with E-state index < -0.39 is 21.7 Å². The summed E-state index contributed by atoms with van der Waals surface area (Å²) in [6, 6.07) is 6.84. The molecule has 2 aliphatic rings. The Balaban J connectivity index is 1.43. The molecule has 1 aliphatic heterocycles. The minimum absolute atomic E-state index is 0.0609. The van der Waals surface area contributed by atoms with Crippen LogP contribution in [-0.2, 0) is 19.6 Å². The monoisotopic (exact) mass is 410 g/mol. The van der Waals surface area contributed by atoms with Crippen LogP contribution >= 0.6 is 0 Å². The summed E-state index contributed by atoms with van der Waals surface area (Å²) in [6.45, 7) is 3.48. The Labute approximate surface area is 167 Å². The van der Waals surface area contributed by atoms with Crippen molar-refractivity contribution in [2.45, 2.75) is 57.6 Å². The summed E-state index contributed by atoms with van der Waals surface area (Å²) in [4.78, 5) is 12.1. The van der Waals surface area contributed by atoms with Gasteiger partial charge in [0.25, 0.3) is 0 Å². The largest absolute Gasteiger partial charge is 0.491 e. The van der Waals surface area contributed by atoms with E-state index >= 15 is 0 Å². The van der Waals surface area contributed by atoms with Crippen LogP contribution in [0.1, 0.15) is 45.4 Å². The standard InChI is InChI=1S/C20H30N2O5S/c1-15-4-6-17(7-5-15)22-28(24,25)14-20(23)21-16-8-10-18(11-9-16)27-13-19-3-2-12-26-19/h8-11,15,17,19,22H,2-7,12-14H2,1H3,(H,21,23). The van der Waals surface area contributed by atoms with Crippen molar-refractivity contribution in [3.05, 3.63) is 24.3 Å². The van der Waals surface area contributed by atoms with Gasteiger partial charge in [-0.2, -0.15) is 0 Å². The third-order valence-corrected chi connectivity index (χ3v) is 6.62. The van der Waals surface area contributed by atoms with Crippen molar-refractivity contribution in [1.82, 2.24) is 4.72 Å². The van der Waals surface area contributed by atoms with Crippen LogP contribution in [0.25, 0.3) is 0 Å². The maximum Gasteiger partial charge on any atom is 0.240 e. The van der Waals surface area contributed by atoms with E-state index in [1.54, 1.807) is 24.3 Å². The average molecular weight is 411 g/mol. The van der Waals surface area contributed by atoms with Gasteiger partial charge in [-0.1, -0.05) is 6.92 Å². The Hall–Kier alpha value is -1.64. The number of amides is 1. The molecular formula is C20H30N2O5S. The predicted molar refractivity (Wildman–Crippen MR) is 108 cm³/mol. The molecule has 1 unspecified atom stereocenters. The first kappa shape index (κ1) is 21.1. The highest BCUT2D eigenvalue weighted by atomic mass is 32.2.